The van der Waals surface area contributed by atoms with Crippen LogP contribution in [-0.4, -0.2) is 71.9 Å². The minimum Gasteiger partial charge on any atom is -0.388 e. The van der Waals surface area contributed by atoms with E-state index in [0.29, 0.717) is 30.4 Å². The SMILES string of the molecule is CCN(C(=O)c1cnc(N(C)C)nc1C)[C@H]1COC[C@@H]1O. The second kappa shape index (κ2) is 6.36. The summed E-state index contributed by atoms with van der Waals surface area (Å²) in [7, 11) is 3.70. The minimum absolute atomic E-state index is 0.171. The number of aromatic nitrogens is 2. The van der Waals surface area contributed by atoms with Gasteiger partial charge in [-0.15, -0.1) is 0 Å². The highest BCUT2D eigenvalue weighted by Crippen LogP contribution is 2.18. The second-order valence-corrected chi connectivity index (χ2v) is 5.33. The molecule has 1 aliphatic rings. The average Bonchev–Trinajstić information content (AvgIpc) is 2.85. The molecule has 0 spiro atoms. The number of rotatable bonds is 4. The van der Waals surface area contributed by atoms with Gasteiger partial charge in [0.2, 0.25) is 5.95 Å². The molecule has 1 saturated heterocycles. The summed E-state index contributed by atoms with van der Waals surface area (Å²) in [5, 5.41) is 9.92. The molecule has 1 amide bonds. The molecule has 1 aromatic rings. The van der Waals surface area contributed by atoms with Gasteiger partial charge in [0.05, 0.1) is 36.6 Å². The molecule has 2 rings (SSSR count). The topological polar surface area (TPSA) is 78.8 Å². The van der Waals surface area contributed by atoms with Crippen LogP contribution in [0, 0.1) is 6.92 Å². The normalized spacial score (nSPS) is 21.4. The van der Waals surface area contributed by atoms with E-state index in [1.54, 1.807) is 22.9 Å². The fourth-order valence-electron chi connectivity index (χ4n) is 2.39. The summed E-state index contributed by atoms with van der Waals surface area (Å²) in [4.78, 5) is 24.6. The van der Waals surface area contributed by atoms with E-state index in [-0.39, 0.29) is 18.6 Å². The second-order valence-electron chi connectivity index (χ2n) is 5.33. The fourth-order valence-corrected chi connectivity index (χ4v) is 2.39. The van der Waals surface area contributed by atoms with Crippen LogP contribution in [0.15, 0.2) is 6.20 Å². The number of hydrogen-bond donors (Lipinski definition) is 1. The first kappa shape index (κ1) is 15.7. The fraction of sp³-hybridized carbons (Fsp3) is 0.643. The Labute approximate surface area is 124 Å². The molecule has 2 atom stereocenters. The molecule has 7 nitrogen and oxygen atoms in total. The molecular weight excluding hydrogens is 272 g/mol. The number of hydrogen-bond acceptors (Lipinski definition) is 6. The Morgan fingerprint density at radius 1 is 1.48 bits per heavy atom. The summed E-state index contributed by atoms with van der Waals surface area (Å²) >= 11 is 0. The van der Waals surface area contributed by atoms with E-state index in [9.17, 15) is 9.90 Å². The number of nitrogens with zero attached hydrogens (tertiary/aromatic N) is 4. The van der Waals surface area contributed by atoms with Gasteiger partial charge in [0.25, 0.3) is 5.91 Å². The van der Waals surface area contributed by atoms with Gasteiger partial charge in [-0.3, -0.25) is 4.79 Å². The summed E-state index contributed by atoms with van der Waals surface area (Å²) in [5.74, 6) is 0.395. The molecule has 116 valence electrons. The number of carbonyl (C=O) groups is 1. The molecular formula is C14H22N4O3. The van der Waals surface area contributed by atoms with E-state index >= 15 is 0 Å². The van der Waals surface area contributed by atoms with Crippen LogP contribution in [0.2, 0.25) is 0 Å². The van der Waals surface area contributed by atoms with Crippen molar-refractivity contribution in [1.82, 2.24) is 14.9 Å². The first-order chi connectivity index (χ1) is 9.95. The van der Waals surface area contributed by atoms with Crippen molar-refractivity contribution >= 4 is 11.9 Å². The highest BCUT2D eigenvalue weighted by atomic mass is 16.5. The van der Waals surface area contributed by atoms with Crippen LogP contribution in [0.5, 0.6) is 0 Å². The smallest absolute Gasteiger partial charge is 0.257 e. The molecule has 7 heteroatoms. The monoisotopic (exact) mass is 294 g/mol. The van der Waals surface area contributed by atoms with E-state index in [1.807, 2.05) is 21.0 Å². The van der Waals surface area contributed by atoms with Crippen LogP contribution >= 0.6 is 0 Å². The quantitative estimate of drug-likeness (QED) is 0.847. The number of aryl methyl sites for hydroxylation is 1. The first-order valence-corrected chi connectivity index (χ1v) is 7.03. The van der Waals surface area contributed by atoms with Crippen molar-refractivity contribution in [1.29, 1.82) is 0 Å². The van der Waals surface area contributed by atoms with Crippen molar-refractivity contribution in [3.8, 4) is 0 Å². The number of carbonyl (C=O) groups excluding carboxylic acids is 1. The van der Waals surface area contributed by atoms with Gasteiger partial charge >= 0.3 is 0 Å². The van der Waals surface area contributed by atoms with Crippen LogP contribution in [-0.2, 0) is 4.74 Å². The van der Waals surface area contributed by atoms with Gasteiger partial charge in [0.1, 0.15) is 0 Å². The number of anilines is 1. The molecule has 0 aliphatic carbocycles. The Balaban J connectivity index is 2.25. The van der Waals surface area contributed by atoms with Crippen LogP contribution < -0.4 is 4.90 Å². The van der Waals surface area contributed by atoms with Gasteiger partial charge in [-0.05, 0) is 13.8 Å². The van der Waals surface area contributed by atoms with Crippen molar-refractivity contribution in [2.45, 2.75) is 26.0 Å². The van der Waals surface area contributed by atoms with Crippen molar-refractivity contribution in [2.75, 3.05) is 38.8 Å². The third-order valence-electron chi connectivity index (χ3n) is 3.62. The molecule has 0 aromatic carbocycles. The third-order valence-corrected chi connectivity index (χ3v) is 3.62. The lowest BCUT2D eigenvalue weighted by atomic mass is 10.1. The molecule has 1 N–H and O–H groups in total. The molecule has 1 fully saturated rings. The summed E-state index contributed by atoms with van der Waals surface area (Å²) in [6, 6.07) is -0.310. The Morgan fingerprint density at radius 2 is 2.19 bits per heavy atom. The van der Waals surface area contributed by atoms with Crippen molar-refractivity contribution in [2.24, 2.45) is 0 Å². The zero-order chi connectivity index (χ0) is 15.6. The van der Waals surface area contributed by atoms with E-state index < -0.39 is 6.10 Å². The van der Waals surface area contributed by atoms with E-state index in [0.717, 1.165) is 0 Å². The zero-order valence-electron chi connectivity index (χ0n) is 12.9. The van der Waals surface area contributed by atoms with Crippen LogP contribution in [0.4, 0.5) is 5.95 Å². The van der Waals surface area contributed by atoms with Crippen LogP contribution in [0.3, 0.4) is 0 Å². The lowest BCUT2D eigenvalue weighted by Crippen LogP contribution is -2.46. The largest absolute Gasteiger partial charge is 0.388 e. The maximum Gasteiger partial charge on any atom is 0.257 e. The van der Waals surface area contributed by atoms with Gasteiger partial charge in [-0.1, -0.05) is 0 Å². The third kappa shape index (κ3) is 3.14. The molecule has 1 aliphatic heterocycles. The van der Waals surface area contributed by atoms with Crippen LogP contribution in [0.1, 0.15) is 23.0 Å². The average molecular weight is 294 g/mol. The highest BCUT2D eigenvalue weighted by molar-refractivity contribution is 5.95. The van der Waals surface area contributed by atoms with Crippen molar-refractivity contribution in [3.63, 3.8) is 0 Å². The minimum atomic E-state index is -0.642. The number of aliphatic hydroxyl groups excluding tert-OH is 1. The lowest BCUT2D eigenvalue weighted by Gasteiger charge is -2.29. The predicted molar refractivity (Wildman–Crippen MR) is 78.4 cm³/mol. The van der Waals surface area contributed by atoms with E-state index in [4.69, 9.17) is 4.74 Å². The van der Waals surface area contributed by atoms with E-state index in [2.05, 4.69) is 9.97 Å². The molecule has 1 aromatic heterocycles. The predicted octanol–water partition coefficient (Wildman–Crippen LogP) is 0.0728. The summed E-state index contributed by atoms with van der Waals surface area (Å²) in [6.45, 7) is 4.80. The Bertz CT molecular complexity index is 521. The van der Waals surface area contributed by atoms with Crippen molar-refractivity contribution in [3.05, 3.63) is 17.5 Å². The number of aliphatic hydroxyl groups is 1. The molecule has 21 heavy (non-hydrogen) atoms. The Morgan fingerprint density at radius 3 is 2.67 bits per heavy atom. The molecule has 0 bridgehead atoms. The molecule has 0 radical (unpaired) electrons. The first-order valence-electron chi connectivity index (χ1n) is 7.03. The number of amides is 1. The maximum atomic E-state index is 12.7. The summed E-state index contributed by atoms with van der Waals surface area (Å²) < 4.78 is 5.24. The van der Waals surface area contributed by atoms with Gasteiger partial charge in [0, 0.05) is 26.8 Å². The maximum absolute atomic E-state index is 12.7. The van der Waals surface area contributed by atoms with Crippen molar-refractivity contribution < 1.29 is 14.6 Å². The molecule has 0 saturated carbocycles. The molecule has 2 heterocycles. The van der Waals surface area contributed by atoms with Gasteiger partial charge in [-0.25, -0.2) is 9.97 Å². The Kier molecular flexibility index (Phi) is 4.74. The Hall–Kier alpha value is -1.73. The van der Waals surface area contributed by atoms with E-state index in [1.165, 1.54) is 0 Å². The van der Waals surface area contributed by atoms with Crippen LogP contribution in [0.25, 0.3) is 0 Å². The van der Waals surface area contributed by atoms with Gasteiger partial charge < -0.3 is 19.6 Å². The van der Waals surface area contributed by atoms with Gasteiger partial charge in [-0.2, -0.15) is 0 Å². The van der Waals surface area contributed by atoms with Gasteiger partial charge in [0.15, 0.2) is 0 Å². The highest BCUT2D eigenvalue weighted by Gasteiger charge is 2.34. The number of ether oxygens (including phenoxy) is 1. The standard InChI is InChI=1S/C14H22N4O3/c1-5-18(11-7-21-8-12(11)19)13(20)10-6-15-14(17(3)4)16-9(10)2/h6,11-12,19H,5,7-8H2,1-4H3/t11-,12-/m0/s1. The molecule has 0 unspecified atom stereocenters. The number of likely N-dealkylation sites (N-methyl/N-ethyl adjacent to an activating group) is 1. The zero-order valence-corrected chi connectivity index (χ0v) is 12.9. The summed E-state index contributed by atoms with van der Waals surface area (Å²) in [5.41, 5.74) is 1.09. The lowest BCUT2D eigenvalue weighted by molar-refractivity contribution is 0.0519. The summed E-state index contributed by atoms with van der Waals surface area (Å²) in [6.07, 6.45) is 0.904.